The van der Waals surface area contributed by atoms with E-state index in [1.165, 1.54) is 42.3 Å². The van der Waals surface area contributed by atoms with Crippen LogP contribution in [0.3, 0.4) is 0 Å². The molecule has 0 atom stereocenters. The van der Waals surface area contributed by atoms with E-state index in [1.807, 2.05) is 0 Å². The highest BCUT2D eigenvalue weighted by Gasteiger charge is 2.33. The number of halogens is 3. The van der Waals surface area contributed by atoms with Crippen LogP contribution in [-0.2, 0) is 14.8 Å². The summed E-state index contributed by atoms with van der Waals surface area (Å²) in [4.78, 5) is 25.3. The van der Waals surface area contributed by atoms with Gasteiger partial charge in [-0.2, -0.15) is 0 Å². The van der Waals surface area contributed by atoms with Crippen LogP contribution in [0.25, 0.3) is 11.1 Å². The number of nitrogens with one attached hydrogen (secondary N) is 1. The quantitative estimate of drug-likeness (QED) is 0.326. The van der Waals surface area contributed by atoms with Crippen molar-refractivity contribution in [1.82, 2.24) is 0 Å². The summed E-state index contributed by atoms with van der Waals surface area (Å²) >= 11 is 0. The monoisotopic (exact) mass is 538 g/mol. The lowest BCUT2D eigenvalue weighted by molar-refractivity contribution is -0.114. The van der Waals surface area contributed by atoms with Crippen LogP contribution in [0.1, 0.15) is 10.4 Å². The number of sulfonamides is 1. The third-order valence-electron chi connectivity index (χ3n) is 5.88. The number of hydrogen-bond acceptors (Lipinski definition) is 5. The van der Waals surface area contributed by atoms with Crippen LogP contribution < -0.4 is 14.4 Å². The number of Topliss-reactive ketones (excluding diaryl/α,β-unsaturated/α-hetero) is 1. The number of hydrogen-bond donors (Lipinski definition) is 1. The zero-order valence-electron chi connectivity index (χ0n) is 19.5. The molecule has 1 N–H and O–H groups in total. The second kappa shape index (κ2) is 9.34. The summed E-state index contributed by atoms with van der Waals surface area (Å²) in [5.74, 6) is -3.92. The second-order valence-electron chi connectivity index (χ2n) is 8.37. The Hall–Kier alpha value is -4.64. The lowest BCUT2D eigenvalue weighted by Gasteiger charge is -2.16. The molecule has 0 bridgehead atoms. The third kappa shape index (κ3) is 4.59. The van der Waals surface area contributed by atoms with Crippen molar-refractivity contribution in [1.29, 1.82) is 0 Å². The fourth-order valence-electron chi connectivity index (χ4n) is 3.96. The average molecular weight is 539 g/mol. The smallest absolute Gasteiger partial charge is 0.299 e. The molecule has 1 heterocycles. The van der Waals surface area contributed by atoms with Gasteiger partial charge in [-0.3, -0.25) is 14.3 Å². The lowest BCUT2D eigenvalue weighted by Crippen LogP contribution is -2.24. The minimum Gasteiger partial charge on any atom is -0.454 e. The van der Waals surface area contributed by atoms with E-state index < -0.39 is 39.2 Å². The summed E-state index contributed by atoms with van der Waals surface area (Å²) in [5.41, 5.74) is 1.31. The summed E-state index contributed by atoms with van der Waals surface area (Å²) in [6, 6.07) is 15.7. The molecule has 1 amide bonds. The highest BCUT2D eigenvalue weighted by molar-refractivity contribution is 7.92. The van der Waals surface area contributed by atoms with Gasteiger partial charge in [0.25, 0.3) is 21.7 Å². The standard InChI is InChI=1S/C27H17F3N2O5S/c1-32-23-12-15(2-9-20(23)26(33)27(32)34)21-14-18(31-38(35,36)19-7-3-16(28)4-8-19)6-11-24(21)37-25-10-5-17(29)13-22(25)30/h2-14,31H,1H3. The van der Waals surface area contributed by atoms with Crippen LogP contribution in [0.4, 0.5) is 24.5 Å². The molecule has 4 aromatic carbocycles. The van der Waals surface area contributed by atoms with E-state index in [2.05, 4.69) is 4.72 Å². The first kappa shape index (κ1) is 25.0. The molecule has 0 saturated heterocycles. The summed E-state index contributed by atoms with van der Waals surface area (Å²) in [7, 11) is -2.66. The Bertz CT molecular complexity index is 1720. The van der Waals surface area contributed by atoms with Crippen molar-refractivity contribution in [2.75, 3.05) is 16.7 Å². The highest BCUT2D eigenvalue weighted by atomic mass is 32.2. The van der Waals surface area contributed by atoms with Gasteiger partial charge >= 0.3 is 0 Å². The lowest BCUT2D eigenvalue weighted by atomic mass is 10.0. The Morgan fingerprint density at radius 1 is 0.763 bits per heavy atom. The highest BCUT2D eigenvalue weighted by Crippen LogP contribution is 2.40. The Labute approximate surface area is 215 Å². The van der Waals surface area contributed by atoms with Gasteiger partial charge in [0.05, 0.1) is 16.1 Å². The van der Waals surface area contributed by atoms with E-state index in [9.17, 15) is 31.2 Å². The molecular weight excluding hydrogens is 521 g/mol. The Morgan fingerprint density at radius 3 is 2.16 bits per heavy atom. The van der Waals surface area contributed by atoms with Crippen molar-refractivity contribution in [3.63, 3.8) is 0 Å². The maximum absolute atomic E-state index is 14.3. The molecule has 5 rings (SSSR count). The first-order valence-corrected chi connectivity index (χ1v) is 12.5. The van der Waals surface area contributed by atoms with Gasteiger partial charge in [0.15, 0.2) is 11.6 Å². The number of ketones is 1. The van der Waals surface area contributed by atoms with Gasteiger partial charge in [-0.15, -0.1) is 0 Å². The number of anilines is 2. The molecule has 0 unspecified atom stereocenters. The van der Waals surface area contributed by atoms with Crippen molar-refractivity contribution >= 4 is 33.1 Å². The topological polar surface area (TPSA) is 92.8 Å². The Balaban J connectivity index is 1.59. The summed E-state index contributed by atoms with van der Waals surface area (Å²) in [6.07, 6.45) is 0. The van der Waals surface area contributed by atoms with Gasteiger partial charge in [0.1, 0.15) is 17.4 Å². The number of benzene rings is 4. The van der Waals surface area contributed by atoms with Gasteiger partial charge in [-0.05, 0) is 72.3 Å². The molecule has 0 aromatic heterocycles. The maximum Gasteiger partial charge on any atom is 0.299 e. The average Bonchev–Trinajstić information content (AvgIpc) is 3.10. The normalized spacial score (nSPS) is 13.0. The maximum atomic E-state index is 14.3. The molecule has 4 aromatic rings. The van der Waals surface area contributed by atoms with E-state index >= 15 is 0 Å². The van der Waals surface area contributed by atoms with Crippen LogP contribution in [0.5, 0.6) is 11.5 Å². The molecule has 38 heavy (non-hydrogen) atoms. The fraction of sp³-hybridized carbons (Fsp3) is 0.0370. The number of ether oxygens (including phenoxy) is 1. The minimum atomic E-state index is -4.10. The minimum absolute atomic E-state index is 0.0819. The van der Waals surface area contributed by atoms with Crippen molar-refractivity contribution in [3.8, 4) is 22.6 Å². The van der Waals surface area contributed by atoms with Gasteiger partial charge in [0.2, 0.25) is 0 Å². The van der Waals surface area contributed by atoms with Crippen LogP contribution in [0.15, 0.2) is 83.8 Å². The van der Waals surface area contributed by atoms with Crippen LogP contribution in [-0.4, -0.2) is 27.2 Å². The van der Waals surface area contributed by atoms with Crippen molar-refractivity contribution in [3.05, 3.63) is 102 Å². The predicted molar refractivity (Wildman–Crippen MR) is 133 cm³/mol. The van der Waals surface area contributed by atoms with Crippen molar-refractivity contribution in [2.45, 2.75) is 4.90 Å². The molecule has 1 aliphatic rings. The first-order valence-electron chi connectivity index (χ1n) is 11.1. The molecule has 0 saturated carbocycles. The predicted octanol–water partition coefficient (Wildman–Crippen LogP) is 5.52. The number of nitrogens with zero attached hydrogens (tertiary/aromatic N) is 1. The zero-order valence-corrected chi connectivity index (χ0v) is 20.4. The summed E-state index contributed by atoms with van der Waals surface area (Å²) < 4.78 is 74.8. The van der Waals surface area contributed by atoms with Gasteiger partial charge in [-0.25, -0.2) is 21.6 Å². The summed E-state index contributed by atoms with van der Waals surface area (Å²) in [5, 5.41) is 0. The van der Waals surface area contributed by atoms with Crippen LogP contribution in [0.2, 0.25) is 0 Å². The number of rotatable bonds is 6. The number of amides is 1. The molecule has 192 valence electrons. The van der Waals surface area contributed by atoms with Crippen molar-refractivity contribution < 1.29 is 35.9 Å². The molecular formula is C27H17F3N2O5S. The Kier molecular flexibility index (Phi) is 6.15. The third-order valence-corrected chi connectivity index (χ3v) is 7.28. The molecule has 0 aliphatic carbocycles. The van der Waals surface area contributed by atoms with E-state index in [0.29, 0.717) is 17.3 Å². The molecule has 1 aliphatic heterocycles. The van der Waals surface area contributed by atoms with E-state index in [0.717, 1.165) is 36.4 Å². The molecule has 0 radical (unpaired) electrons. The molecule has 0 spiro atoms. The number of carbonyl (C=O) groups excluding carboxylic acids is 2. The van der Waals surface area contributed by atoms with E-state index in [4.69, 9.17) is 4.74 Å². The SMILES string of the molecule is CN1C(=O)C(=O)c2ccc(-c3cc(NS(=O)(=O)c4ccc(F)cc4)ccc3Oc3ccc(F)cc3F)cc21. The van der Waals surface area contributed by atoms with E-state index in [-0.39, 0.29) is 33.2 Å². The number of fused-ring (bicyclic) bond motifs is 1. The van der Waals surface area contributed by atoms with Crippen molar-refractivity contribution in [2.24, 2.45) is 0 Å². The largest absolute Gasteiger partial charge is 0.454 e. The van der Waals surface area contributed by atoms with Crippen LogP contribution in [0, 0.1) is 17.5 Å². The fourth-order valence-corrected chi connectivity index (χ4v) is 5.01. The Morgan fingerprint density at radius 2 is 1.45 bits per heavy atom. The molecule has 7 nitrogen and oxygen atoms in total. The van der Waals surface area contributed by atoms with Gasteiger partial charge in [-0.1, -0.05) is 6.07 Å². The van der Waals surface area contributed by atoms with E-state index in [1.54, 1.807) is 6.07 Å². The van der Waals surface area contributed by atoms with Gasteiger partial charge < -0.3 is 9.64 Å². The number of carbonyl (C=O) groups is 2. The summed E-state index contributed by atoms with van der Waals surface area (Å²) in [6.45, 7) is 0. The first-order chi connectivity index (χ1) is 18.0. The second-order valence-corrected chi connectivity index (χ2v) is 10.1. The van der Waals surface area contributed by atoms with Crippen LogP contribution >= 0.6 is 0 Å². The van der Waals surface area contributed by atoms with Gasteiger partial charge in [0, 0.05) is 24.4 Å². The molecule has 11 heteroatoms. The number of likely N-dealkylation sites (N-methyl/N-ethyl adjacent to an activating group) is 1. The molecule has 0 fully saturated rings. The zero-order chi connectivity index (χ0) is 27.2.